The minimum atomic E-state index is -3.69. The van der Waals surface area contributed by atoms with Crippen LogP contribution in [0.15, 0.2) is 29.2 Å². The summed E-state index contributed by atoms with van der Waals surface area (Å²) in [6, 6.07) is 6.21. The van der Waals surface area contributed by atoms with Gasteiger partial charge in [-0.25, -0.2) is 8.42 Å². The monoisotopic (exact) mass is 315 g/mol. The Kier molecular flexibility index (Phi) is 4.70. The van der Waals surface area contributed by atoms with Gasteiger partial charge in [0.15, 0.2) is 0 Å². The highest BCUT2D eigenvalue weighted by Gasteiger charge is 2.29. The summed E-state index contributed by atoms with van der Waals surface area (Å²) >= 11 is 0. The van der Waals surface area contributed by atoms with E-state index in [1.165, 1.54) is 12.1 Å². The fourth-order valence-corrected chi connectivity index (χ4v) is 3.39. The van der Waals surface area contributed by atoms with Gasteiger partial charge in [-0.05, 0) is 36.5 Å². The first-order valence-corrected chi connectivity index (χ1v) is 9.00. The smallest absolute Gasteiger partial charge is 0.261 e. The Morgan fingerprint density at radius 1 is 1.30 bits per heavy atom. The molecule has 1 fully saturated rings. The quantitative estimate of drug-likeness (QED) is 0.869. The van der Waals surface area contributed by atoms with Gasteiger partial charge in [0.2, 0.25) is 5.91 Å². The fourth-order valence-electron chi connectivity index (χ4n) is 2.63. The van der Waals surface area contributed by atoms with Crippen LogP contribution >= 0.6 is 10.7 Å². The van der Waals surface area contributed by atoms with E-state index < -0.39 is 9.05 Å². The predicted molar refractivity (Wildman–Crippen MR) is 77.8 cm³/mol. The highest BCUT2D eigenvalue weighted by atomic mass is 35.7. The lowest BCUT2D eigenvalue weighted by molar-refractivity contribution is -0.126. The molecule has 2 unspecified atom stereocenters. The molecule has 0 heterocycles. The molecule has 0 spiro atoms. The molecule has 0 bridgehead atoms. The Morgan fingerprint density at radius 2 is 1.95 bits per heavy atom. The summed E-state index contributed by atoms with van der Waals surface area (Å²) in [5.74, 6) is 0.639. The molecule has 0 aromatic heterocycles. The van der Waals surface area contributed by atoms with Crippen molar-refractivity contribution in [1.82, 2.24) is 5.32 Å². The van der Waals surface area contributed by atoms with Crippen LogP contribution in [0.2, 0.25) is 0 Å². The lowest BCUT2D eigenvalue weighted by Crippen LogP contribution is -2.31. The molecule has 6 heteroatoms. The second-order valence-electron chi connectivity index (χ2n) is 5.31. The average Bonchev–Trinajstić information content (AvgIpc) is 2.82. The number of halogens is 1. The number of nitrogens with one attached hydrogen (secondary N) is 1. The Morgan fingerprint density at radius 3 is 2.45 bits per heavy atom. The van der Waals surface area contributed by atoms with Gasteiger partial charge in [-0.2, -0.15) is 0 Å². The van der Waals surface area contributed by atoms with Crippen LogP contribution in [0.3, 0.4) is 0 Å². The zero-order chi connectivity index (χ0) is 14.8. The molecular formula is C14H18ClNO3S. The fraction of sp³-hybridized carbons (Fsp3) is 0.500. The first-order chi connectivity index (χ1) is 9.38. The maximum absolute atomic E-state index is 12.0. The van der Waals surface area contributed by atoms with Crippen molar-refractivity contribution in [2.24, 2.45) is 11.8 Å². The summed E-state index contributed by atoms with van der Waals surface area (Å²) in [5, 5.41) is 2.91. The number of hydrogen-bond acceptors (Lipinski definition) is 3. The maximum Gasteiger partial charge on any atom is 0.261 e. The van der Waals surface area contributed by atoms with Crippen LogP contribution in [0.5, 0.6) is 0 Å². The minimum Gasteiger partial charge on any atom is -0.352 e. The topological polar surface area (TPSA) is 63.2 Å². The summed E-state index contributed by atoms with van der Waals surface area (Å²) < 4.78 is 22.2. The molecule has 110 valence electrons. The lowest BCUT2D eigenvalue weighted by Gasteiger charge is -2.15. The van der Waals surface area contributed by atoms with Crippen LogP contribution < -0.4 is 5.32 Å². The van der Waals surface area contributed by atoms with Crippen molar-refractivity contribution in [3.63, 3.8) is 0 Å². The maximum atomic E-state index is 12.0. The Bertz CT molecular complexity index is 583. The van der Waals surface area contributed by atoms with Gasteiger partial charge < -0.3 is 5.32 Å². The van der Waals surface area contributed by atoms with Crippen molar-refractivity contribution in [2.75, 3.05) is 0 Å². The van der Waals surface area contributed by atoms with E-state index in [0.29, 0.717) is 12.5 Å². The van der Waals surface area contributed by atoms with E-state index >= 15 is 0 Å². The van der Waals surface area contributed by atoms with Gasteiger partial charge in [0, 0.05) is 23.1 Å². The molecule has 0 aliphatic heterocycles. The van der Waals surface area contributed by atoms with Crippen LogP contribution in [-0.4, -0.2) is 14.3 Å². The van der Waals surface area contributed by atoms with E-state index in [0.717, 1.165) is 24.8 Å². The summed E-state index contributed by atoms with van der Waals surface area (Å²) in [6.45, 7) is 2.52. The SMILES string of the molecule is CC1CCCC1C(=O)NCc1ccc(S(=O)(=O)Cl)cc1. The van der Waals surface area contributed by atoms with E-state index in [1.807, 2.05) is 0 Å². The van der Waals surface area contributed by atoms with E-state index in [9.17, 15) is 13.2 Å². The van der Waals surface area contributed by atoms with Crippen LogP contribution in [-0.2, 0) is 20.4 Å². The zero-order valence-corrected chi connectivity index (χ0v) is 12.9. The largest absolute Gasteiger partial charge is 0.352 e. The van der Waals surface area contributed by atoms with E-state index in [1.54, 1.807) is 12.1 Å². The van der Waals surface area contributed by atoms with Gasteiger partial charge >= 0.3 is 0 Å². The molecule has 0 radical (unpaired) electrons. The van der Waals surface area contributed by atoms with Gasteiger partial charge in [0.05, 0.1) is 4.90 Å². The van der Waals surface area contributed by atoms with Crippen LogP contribution in [0.25, 0.3) is 0 Å². The molecule has 1 N–H and O–H groups in total. The van der Waals surface area contributed by atoms with Crippen molar-refractivity contribution in [2.45, 2.75) is 37.6 Å². The lowest BCUT2D eigenvalue weighted by atomic mass is 9.97. The molecule has 1 aliphatic rings. The van der Waals surface area contributed by atoms with Gasteiger partial charge in [0.1, 0.15) is 0 Å². The highest BCUT2D eigenvalue weighted by molar-refractivity contribution is 8.13. The molecule has 20 heavy (non-hydrogen) atoms. The average molecular weight is 316 g/mol. The number of rotatable bonds is 4. The summed E-state index contributed by atoms with van der Waals surface area (Å²) in [4.78, 5) is 12.1. The minimum absolute atomic E-state index is 0.0682. The third-order valence-corrected chi connectivity index (χ3v) is 5.24. The van der Waals surface area contributed by atoms with Gasteiger partial charge in [-0.15, -0.1) is 0 Å². The molecule has 1 amide bonds. The van der Waals surface area contributed by atoms with E-state index in [2.05, 4.69) is 12.2 Å². The number of benzene rings is 1. The Hall–Kier alpha value is -1.07. The standard InChI is InChI=1S/C14H18ClNO3S/c1-10-3-2-4-13(10)14(17)16-9-11-5-7-12(8-6-11)20(15,18)19/h5-8,10,13H,2-4,9H2,1H3,(H,16,17). The van der Waals surface area contributed by atoms with Crippen LogP contribution in [0.4, 0.5) is 0 Å². The molecule has 2 rings (SSSR count). The zero-order valence-electron chi connectivity index (χ0n) is 11.3. The number of amides is 1. The third kappa shape index (κ3) is 3.73. The molecular weight excluding hydrogens is 298 g/mol. The summed E-state index contributed by atoms with van der Waals surface area (Å²) in [5.41, 5.74) is 0.855. The molecule has 1 saturated carbocycles. The van der Waals surface area contributed by atoms with Crippen molar-refractivity contribution in [3.05, 3.63) is 29.8 Å². The van der Waals surface area contributed by atoms with Gasteiger partial charge in [-0.1, -0.05) is 25.5 Å². The third-order valence-electron chi connectivity index (χ3n) is 3.87. The second kappa shape index (κ2) is 6.14. The molecule has 0 saturated heterocycles. The first kappa shape index (κ1) is 15.3. The Labute approximate surface area is 123 Å². The summed E-state index contributed by atoms with van der Waals surface area (Å²) in [6.07, 6.45) is 3.18. The van der Waals surface area contributed by atoms with Gasteiger partial charge in [0.25, 0.3) is 9.05 Å². The molecule has 1 aromatic carbocycles. The van der Waals surface area contributed by atoms with Gasteiger partial charge in [-0.3, -0.25) is 4.79 Å². The number of carbonyl (C=O) groups excluding carboxylic acids is 1. The normalized spacial score (nSPS) is 22.7. The summed E-state index contributed by atoms with van der Waals surface area (Å²) in [7, 11) is 1.56. The van der Waals surface area contributed by atoms with Crippen molar-refractivity contribution in [3.8, 4) is 0 Å². The molecule has 4 nitrogen and oxygen atoms in total. The predicted octanol–water partition coefficient (Wildman–Crippen LogP) is 2.67. The molecule has 1 aromatic rings. The van der Waals surface area contributed by atoms with E-state index in [4.69, 9.17) is 10.7 Å². The van der Waals surface area contributed by atoms with Crippen molar-refractivity contribution in [1.29, 1.82) is 0 Å². The first-order valence-electron chi connectivity index (χ1n) is 6.69. The second-order valence-corrected chi connectivity index (χ2v) is 7.88. The highest BCUT2D eigenvalue weighted by Crippen LogP contribution is 2.31. The number of carbonyl (C=O) groups is 1. The van der Waals surface area contributed by atoms with Crippen molar-refractivity contribution < 1.29 is 13.2 Å². The van der Waals surface area contributed by atoms with E-state index in [-0.39, 0.29) is 16.7 Å². The molecule has 2 atom stereocenters. The molecule has 1 aliphatic carbocycles. The van der Waals surface area contributed by atoms with Crippen molar-refractivity contribution >= 4 is 25.6 Å². The van der Waals surface area contributed by atoms with Crippen LogP contribution in [0.1, 0.15) is 31.7 Å². The number of hydrogen-bond donors (Lipinski definition) is 1. The Balaban J connectivity index is 1.93. The van der Waals surface area contributed by atoms with Crippen LogP contribution in [0, 0.1) is 11.8 Å².